The summed E-state index contributed by atoms with van der Waals surface area (Å²) in [5, 5.41) is 7.86. The molecule has 3 heterocycles. The minimum Gasteiger partial charge on any atom is -0.349 e. The van der Waals surface area contributed by atoms with E-state index in [1.165, 1.54) is 5.56 Å². The van der Waals surface area contributed by atoms with Crippen LogP contribution >= 0.6 is 0 Å². The second kappa shape index (κ2) is 8.75. The third-order valence-corrected chi connectivity index (χ3v) is 7.33. The van der Waals surface area contributed by atoms with Crippen molar-refractivity contribution in [3.8, 4) is 5.69 Å². The fraction of sp³-hybridized carbons (Fsp3) is 0.393. The number of aromatic nitrogens is 2. The van der Waals surface area contributed by atoms with Gasteiger partial charge in [0.05, 0.1) is 23.0 Å². The smallest absolute Gasteiger partial charge is 0.254 e. The van der Waals surface area contributed by atoms with Crippen LogP contribution < -0.4 is 5.32 Å². The number of fused-ring (bicyclic) bond motifs is 1. The summed E-state index contributed by atoms with van der Waals surface area (Å²) in [5.41, 5.74) is 4.30. The maximum Gasteiger partial charge on any atom is 0.254 e. The molecule has 1 aromatic heterocycles. The molecule has 0 unspecified atom stereocenters. The van der Waals surface area contributed by atoms with Crippen molar-refractivity contribution in [3.63, 3.8) is 0 Å². The van der Waals surface area contributed by atoms with E-state index in [9.17, 15) is 9.59 Å². The first-order valence-electron chi connectivity index (χ1n) is 12.2. The Labute approximate surface area is 201 Å². The first-order valence-corrected chi connectivity index (χ1v) is 12.2. The Morgan fingerprint density at radius 1 is 1.12 bits per heavy atom. The molecule has 2 saturated heterocycles. The van der Waals surface area contributed by atoms with Gasteiger partial charge in [0.25, 0.3) is 5.91 Å². The highest BCUT2D eigenvalue weighted by molar-refractivity contribution is 5.95. The van der Waals surface area contributed by atoms with Crippen LogP contribution in [0.15, 0.2) is 60.7 Å². The first kappa shape index (κ1) is 22.4. The van der Waals surface area contributed by atoms with Crippen LogP contribution in [0.1, 0.15) is 59.9 Å². The molecular formula is C28H32N4O2. The Balaban J connectivity index is 1.52. The fourth-order valence-corrected chi connectivity index (χ4v) is 5.89. The van der Waals surface area contributed by atoms with Gasteiger partial charge in [-0.1, -0.05) is 36.4 Å². The fourth-order valence-electron chi connectivity index (χ4n) is 5.89. The van der Waals surface area contributed by atoms with Crippen LogP contribution in [0.25, 0.3) is 5.69 Å². The van der Waals surface area contributed by atoms with Gasteiger partial charge in [-0.2, -0.15) is 5.10 Å². The zero-order chi connectivity index (χ0) is 23.9. The van der Waals surface area contributed by atoms with E-state index in [1.807, 2.05) is 67.1 Å². The quantitative estimate of drug-likeness (QED) is 0.634. The number of carbonyl (C=O) groups excluding carboxylic acids is 2. The van der Waals surface area contributed by atoms with Crippen molar-refractivity contribution in [2.24, 2.45) is 0 Å². The first-order chi connectivity index (χ1) is 16.3. The molecule has 5 rings (SSSR count). The zero-order valence-electron chi connectivity index (χ0n) is 20.1. The lowest BCUT2D eigenvalue weighted by atomic mass is 9.88. The molecular weight excluding hydrogens is 424 g/mol. The summed E-state index contributed by atoms with van der Waals surface area (Å²) in [7, 11) is 0. The van der Waals surface area contributed by atoms with Crippen molar-refractivity contribution in [1.29, 1.82) is 0 Å². The Hall–Kier alpha value is -3.41. The molecule has 6 nitrogen and oxygen atoms in total. The molecule has 2 amide bonds. The predicted octanol–water partition coefficient (Wildman–Crippen LogP) is 4.37. The maximum atomic E-state index is 14.1. The van der Waals surface area contributed by atoms with Crippen molar-refractivity contribution in [3.05, 3.63) is 83.2 Å². The predicted molar refractivity (Wildman–Crippen MR) is 132 cm³/mol. The van der Waals surface area contributed by atoms with Crippen molar-refractivity contribution < 1.29 is 9.59 Å². The van der Waals surface area contributed by atoms with Gasteiger partial charge in [0.2, 0.25) is 5.91 Å². The molecule has 3 atom stereocenters. The SMILES string of the molecule is Cc1cc(C)n(-c2cccc(C(=O)N3[C@H](Cc4ccccc4)C[C@]4(C)NC(=O)CCC[C@H]34)c2)n1. The minimum absolute atomic E-state index is 0.0145. The molecule has 2 fully saturated rings. The van der Waals surface area contributed by atoms with E-state index >= 15 is 0 Å². The van der Waals surface area contributed by atoms with Gasteiger partial charge in [-0.15, -0.1) is 0 Å². The molecule has 0 bridgehead atoms. The standard InChI is InChI=1S/C28H32N4O2/c1-19-15-20(2)32(30-19)23-12-7-11-22(17-23)27(34)31-24(16-21-9-5-4-6-10-21)18-28(3)25(31)13-8-14-26(33)29-28/h4-7,9-12,15,17,24-25H,8,13-14,16,18H2,1-3H3,(H,29,33)/t24-,25+,28+/m1/s1. The van der Waals surface area contributed by atoms with Crippen LogP contribution in [0.2, 0.25) is 0 Å². The van der Waals surface area contributed by atoms with Crippen LogP contribution in [-0.2, 0) is 11.2 Å². The van der Waals surface area contributed by atoms with E-state index in [2.05, 4.69) is 34.4 Å². The summed E-state index contributed by atoms with van der Waals surface area (Å²) >= 11 is 0. The van der Waals surface area contributed by atoms with E-state index in [0.29, 0.717) is 12.0 Å². The van der Waals surface area contributed by atoms with E-state index in [-0.39, 0.29) is 23.9 Å². The molecule has 2 aliphatic rings. The van der Waals surface area contributed by atoms with Gasteiger partial charge in [-0.05, 0) is 76.3 Å². The lowest BCUT2D eigenvalue weighted by Gasteiger charge is -2.35. The van der Waals surface area contributed by atoms with E-state index in [0.717, 1.165) is 42.8 Å². The number of amides is 2. The average molecular weight is 457 g/mol. The second-order valence-corrected chi connectivity index (χ2v) is 10.0. The molecule has 2 aromatic carbocycles. The Kier molecular flexibility index (Phi) is 5.76. The summed E-state index contributed by atoms with van der Waals surface area (Å²) in [6.45, 7) is 6.10. The van der Waals surface area contributed by atoms with Gasteiger partial charge in [0.1, 0.15) is 0 Å². The number of nitrogens with zero attached hydrogens (tertiary/aromatic N) is 3. The average Bonchev–Trinajstić information content (AvgIpc) is 3.23. The third kappa shape index (κ3) is 4.13. The highest BCUT2D eigenvalue weighted by Gasteiger charge is 2.52. The van der Waals surface area contributed by atoms with E-state index < -0.39 is 5.54 Å². The van der Waals surface area contributed by atoms with Crippen LogP contribution in [-0.4, -0.2) is 44.1 Å². The van der Waals surface area contributed by atoms with Crippen molar-refractivity contribution >= 4 is 11.8 Å². The zero-order valence-corrected chi connectivity index (χ0v) is 20.1. The minimum atomic E-state index is -0.421. The van der Waals surface area contributed by atoms with Gasteiger partial charge < -0.3 is 10.2 Å². The molecule has 0 radical (unpaired) electrons. The number of hydrogen-bond acceptors (Lipinski definition) is 3. The van der Waals surface area contributed by atoms with Gasteiger partial charge in [0, 0.05) is 23.7 Å². The highest BCUT2D eigenvalue weighted by atomic mass is 16.2. The lowest BCUT2D eigenvalue weighted by molar-refractivity contribution is -0.122. The Bertz CT molecular complexity index is 1220. The molecule has 6 heteroatoms. The number of likely N-dealkylation sites (tertiary alicyclic amines) is 1. The van der Waals surface area contributed by atoms with Crippen molar-refractivity contribution in [2.75, 3.05) is 0 Å². The second-order valence-electron chi connectivity index (χ2n) is 10.0. The Morgan fingerprint density at radius 2 is 1.91 bits per heavy atom. The summed E-state index contributed by atoms with van der Waals surface area (Å²) in [6.07, 6.45) is 3.65. The molecule has 0 spiro atoms. The molecule has 0 saturated carbocycles. The number of rotatable bonds is 4. The number of aryl methyl sites for hydroxylation is 2. The van der Waals surface area contributed by atoms with E-state index in [1.54, 1.807) is 0 Å². The normalized spacial score (nSPS) is 24.4. The van der Waals surface area contributed by atoms with Crippen molar-refractivity contribution in [1.82, 2.24) is 20.0 Å². The number of carbonyl (C=O) groups is 2. The molecule has 1 N–H and O–H groups in total. The van der Waals surface area contributed by atoms with E-state index in [4.69, 9.17) is 0 Å². The topological polar surface area (TPSA) is 67.2 Å². The van der Waals surface area contributed by atoms with Crippen LogP contribution in [0.4, 0.5) is 0 Å². The van der Waals surface area contributed by atoms with Crippen LogP contribution in [0.3, 0.4) is 0 Å². The molecule has 2 aliphatic heterocycles. The maximum absolute atomic E-state index is 14.1. The largest absolute Gasteiger partial charge is 0.349 e. The monoisotopic (exact) mass is 456 g/mol. The molecule has 0 aliphatic carbocycles. The van der Waals surface area contributed by atoms with Gasteiger partial charge in [0.15, 0.2) is 0 Å². The van der Waals surface area contributed by atoms with Crippen molar-refractivity contribution in [2.45, 2.75) is 70.5 Å². The van der Waals surface area contributed by atoms with Gasteiger partial charge in [-0.25, -0.2) is 4.68 Å². The molecule has 3 aromatic rings. The molecule has 176 valence electrons. The van der Waals surface area contributed by atoms with Gasteiger partial charge >= 0.3 is 0 Å². The summed E-state index contributed by atoms with van der Waals surface area (Å²) < 4.78 is 1.88. The summed E-state index contributed by atoms with van der Waals surface area (Å²) in [4.78, 5) is 28.6. The molecule has 34 heavy (non-hydrogen) atoms. The number of nitrogens with one attached hydrogen (secondary N) is 1. The third-order valence-electron chi connectivity index (χ3n) is 7.33. The Morgan fingerprint density at radius 3 is 2.65 bits per heavy atom. The van der Waals surface area contributed by atoms with Crippen LogP contribution in [0.5, 0.6) is 0 Å². The summed E-state index contributed by atoms with van der Waals surface area (Å²) in [5.74, 6) is 0.110. The number of benzene rings is 2. The highest BCUT2D eigenvalue weighted by Crippen LogP contribution is 2.40. The van der Waals surface area contributed by atoms with Gasteiger partial charge in [-0.3, -0.25) is 9.59 Å². The number of hydrogen-bond donors (Lipinski definition) is 1. The summed E-state index contributed by atoms with van der Waals surface area (Å²) in [6, 6.07) is 20.1. The lowest BCUT2D eigenvalue weighted by Crippen LogP contribution is -2.54. The van der Waals surface area contributed by atoms with Crippen LogP contribution in [0, 0.1) is 13.8 Å².